The van der Waals surface area contributed by atoms with Crippen LogP contribution in [-0.2, 0) is 0 Å². The van der Waals surface area contributed by atoms with Gasteiger partial charge in [-0.1, -0.05) is 23.8 Å². The van der Waals surface area contributed by atoms with E-state index in [1.54, 1.807) is 13.0 Å². The average molecular weight is 204 g/mol. The minimum absolute atomic E-state index is 0.0535. The molecule has 2 N–H and O–H groups in total. The van der Waals surface area contributed by atoms with Crippen molar-refractivity contribution in [2.75, 3.05) is 0 Å². The first-order chi connectivity index (χ1) is 5.52. The SMILES string of the molecule is Cc1cc(C(N)=S)cc(Cl)c1F. The number of halogens is 2. The van der Waals surface area contributed by atoms with E-state index in [9.17, 15) is 4.39 Å². The van der Waals surface area contributed by atoms with Gasteiger partial charge in [0.15, 0.2) is 0 Å². The van der Waals surface area contributed by atoms with E-state index in [-0.39, 0.29) is 10.0 Å². The highest BCUT2D eigenvalue weighted by Gasteiger charge is 2.06. The topological polar surface area (TPSA) is 26.0 Å². The van der Waals surface area contributed by atoms with E-state index in [0.717, 1.165) is 0 Å². The van der Waals surface area contributed by atoms with Crippen LogP contribution in [0.5, 0.6) is 0 Å². The van der Waals surface area contributed by atoms with Gasteiger partial charge in [-0.2, -0.15) is 0 Å². The van der Waals surface area contributed by atoms with E-state index in [2.05, 4.69) is 0 Å². The van der Waals surface area contributed by atoms with E-state index in [4.69, 9.17) is 29.6 Å². The van der Waals surface area contributed by atoms with Crippen molar-refractivity contribution < 1.29 is 4.39 Å². The zero-order valence-electron chi connectivity index (χ0n) is 6.40. The van der Waals surface area contributed by atoms with Crippen LogP contribution in [0, 0.1) is 12.7 Å². The summed E-state index contributed by atoms with van der Waals surface area (Å²) in [5, 5.41) is 0.0535. The maximum atomic E-state index is 13.0. The fourth-order valence-corrected chi connectivity index (χ4v) is 1.25. The summed E-state index contributed by atoms with van der Waals surface area (Å²) in [7, 11) is 0. The van der Waals surface area contributed by atoms with Crippen LogP contribution in [0.4, 0.5) is 4.39 Å². The van der Waals surface area contributed by atoms with E-state index in [1.165, 1.54) is 6.07 Å². The molecule has 4 heteroatoms. The number of thiocarbonyl (C=S) groups is 1. The molecule has 1 aromatic carbocycles. The van der Waals surface area contributed by atoms with Gasteiger partial charge in [0.1, 0.15) is 10.8 Å². The van der Waals surface area contributed by atoms with Crippen LogP contribution >= 0.6 is 23.8 Å². The lowest BCUT2D eigenvalue weighted by molar-refractivity contribution is 0.619. The largest absolute Gasteiger partial charge is 0.389 e. The highest BCUT2D eigenvalue weighted by atomic mass is 35.5. The van der Waals surface area contributed by atoms with Crippen LogP contribution in [0.2, 0.25) is 5.02 Å². The molecule has 0 aromatic heterocycles. The van der Waals surface area contributed by atoms with E-state index in [0.29, 0.717) is 11.1 Å². The Hall–Kier alpha value is -0.670. The molecular weight excluding hydrogens is 197 g/mol. The molecule has 1 nitrogen and oxygen atoms in total. The first-order valence-corrected chi connectivity index (χ1v) is 4.06. The molecule has 0 heterocycles. The third kappa shape index (κ3) is 1.73. The predicted octanol–water partition coefficient (Wildman–Crippen LogP) is 2.42. The Labute approximate surface area is 80.3 Å². The number of nitrogens with two attached hydrogens (primary N) is 1. The van der Waals surface area contributed by atoms with Crippen LogP contribution in [0.25, 0.3) is 0 Å². The Kier molecular flexibility index (Phi) is 2.65. The van der Waals surface area contributed by atoms with Gasteiger partial charge >= 0.3 is 0 Å². The predicted molar refractivity (Wildman–Crippen MR) is 52.0 cm³/mol. The van der Waals surface area contributed by atoms with Crippen LogP contribution in [0.15, 0.2) is 12.1 Å². The Morgan fingerprint density at radius 3 is 2.58 bits per heavy atom. The number of hydrogen-bond acceptors (Lipinski definition) is 1. The highest BCUT2D eigenvalue weighted by molar-refractivity contribution is 7.80. The molecule has 0 saturated heterocycles. The molecule has 0 bridgehead atoms. The first-order valence-electron chi connectivity index (χ1n) is 3.28. The molecule has 1 rings (SSSR count). The lowest BCUT2D eigenvalue weighted by Crippen LogP contribution is -2.09. The maximum absolute atomic E-state index is 13.0. The molecule has 0 atom stereocenters. The second-order valence-electron chi connectivity index (χ2n) is 2.45. The minimum atomic E-state index is -0.420. The van der Waals surface area contributed by atoms with Crippen molar-refractivity contribution in [2.45, 2.75) is 6.92 Å². The van der Waals surface area contributed by atoms with Gasteiger partial charge < -0.3 is 5.73 Å². The Morgan fingerprint density at radius 1 is 1.58 bits per heavy atom. The van der Waals surface area contributed by atoms with Crippen molar-refractivity contribution >= 4 is 28.8 Å². The quantitative estimate of drug-likeness (QED) is 0.710. The summed E-state index contributed by atoms with van der Waals surface area (Å²) >= 11 is 10.3. The molecule has 0 saturated carbocycles. The van der Waals surface area contributed by atoms with Gasteiger partial charge in [0, 0.05) is 5.56 Å². The molecule has 0 amide bonds. The third-order valence-corrected chi connectivity index (χ3v) is 2.01. The number of hydrogen-bond donors (Lipinski definition) is 1. The van der Waals surface area contributed by atoms with Gasteiger partial charge in [0.2, 0.25) is 0 Å². The molecule has 1 aromatic rings. The summed E-state index contributed by atoms with van der Waals surface area (Å²) in [5.74, 6) is -0.420. The molecule has 64 valence electrons. The van der Waals surface area contributed by atoms with Crippen molar-refractivity contribution in [1.82, 2.24) is 0 Å². The second kappa shape index (κ2) is 3.37. The molecule has 0 fully saturated rings. The van der Waals surface area contributed by atoms with E-state index >= 15 is 0 Å². The summed E-state index contributed by atoms with van der Waals surface area (Å²) in [5.41, 5.74) is 6.39. The lowest BCUT2D eigenvalue weighted by atomic mass is 10.1. The van der Waals surface area contributed by atoms with Crippen molar-refractivity contribution in [1.29, 1.82) is 0 Å². The highest BCUT2D eigenvalue weighted by Crippen LogP contribution is 2.19. The summed E-state index contributed by atoms with van der Waals surface area (Å²) < 4.78 is 13.0. The second-order valence-corrected chi connectivity index (χ2v) is 3.30. The van der Waals surface area contributed by atoms with Gasteiger partial charge in [0.05, 0.1) is 5.02 Å². The summed E-state index contributed by atoms with van der Waals surface area (Å²) in [4.78, 5) is 0.222. The smallest absolute Gasteiger partial charge is 0.144 e. The molecule has 0 aliphatic carbocycles. The number of rotatable bonds is 1. The fraction of sp³-hybridized carbons (Fsp3) is 0.125. The molecule has 0 unspecified atom stereocenters. The third-order valence-electron chi connectivity index (χ3n) is 1.49. The lowest BCUT2D eigenvalue weighted by Gasteiger charge is -2.02. The Bertz CT molecular complexity index is 315. The number of benzene rings is 1. The van der Waals surface area contributed by atoms with Crippen LogP contribution in [0.3, 0.4) is 0 Å². The van der Waals surface area contributed by atoms with Crippen LogP contribution in [-0.4, -0.2) is 4.99 Å². The molecular formula is C8H7ClFNS. The summed E-state index contributed by atoms with van der Waals surface area (Å²) in [6, 6.07) is 3.00. The van der Waals surface area contributed by atoms with Crippen molar-refractivity contribution in [3.63, 3.8) is 0 Å². The zero-order valence-corrected chi connectivity index (χ0v) is 7.97. The maximum Gasteiger partial charge on any atom is 0.144 e. The standard InChI is InChI=1S/C8H7ClFNS/c1-4-2-5(8(11)12)3-6(9)7(4)10/h2-3H,1H3,(H2,11,12). The Balaban J connectivity index is 3.31. The molecule has 0 radical (unpaired) electrons. The monoisotopic (exact) mass is 203 g/mol. The van der Waals surface area contributed by atoms with Crippen LogP contribution in [0.1, 0.15) is 11.1 Å². The normalized spacial score (nSPS) is 9.92. The summed E-state index contributed by atoms with van der Waals surface area (Å²) in [6.07, 6.45) is 0. The van der Waals surface area contributed by atoms with Gasteiger partial charge in [-0.15, -0.1) is 0 Å². The van der Waals surface area contributed by atoms with Crippen molar-refractivity contribution in [3.8, 4) is 0 Å². The van der Waals surface area contributed by atoms with Gasteiger partial charge in [0.25, 0.3) is 0 Å². The fourth-order valence-electron chi connectivity index (χ4n) is 0.869. The average Bonchev–Trinajstić information content (AvgIpc) is 1.99. The molecule has 0 aliphatic rings. The molecule has 0 aliphatic heterocycles. The van der Waals surface area contributed by atoms with Crippen molar-refractivity contribution in [3.05, 3.63) is 34.1 Å². The van der Waals surface area contributed by atoms with Gasteiger partial charge in [-0.05, 0) is 24.6 Å². The first kappa shape index (κ1) is 9.42. The Morgan fingerprint density at radius 2 is 2.17 bits per heavy atom. The minimum Gasteiger partial charge on any atom is -0.389 e. The van der Waals surface area contributed by atoms with E-state index in [1.807, 2.05) is 0 Å². The molecule has 0 spiro atoms. The van der Waals surface area contributed by atoms with E-state index < -0.39 is 5.82 Å². The van der Waals surface area contributed by atoms with Gasteiger partial charge in [-0.25, -0.2) is 4.39 Å². The van der Waals surface area contributed by atoms with Crippen LogP contribution < -0.4 is 5.73 Å². The van der Waals surface area contributed by atoms with Gasteiger partial charge in [-0.3, -0.25) is 0 Å². The molecule has 12 heavy (non-hydrogen) atoms. The summed E-state index contributed by atoms with van der Waals surface area (Å²) in [6.45, 7) is 1.61. The van der Waals surface area contributed by atoms with Crippen molar-refractivity contribution in [2.24, 2.45) is 5.73 Å². The zero-order chi connectivity index (χ0) is 9.30. The number of aryl methyl sites for hydroxylation is 1.